The summed E-state index contributed by atoms with van der Waals surface area (Å²) < 4.78 is 42.2. The molecule has 140 valence electrons. The third-order valence-electron chi connectivity index (χ3n) is 4.85. The maximum Gasteiger partial charge on any atom is 0.242 e. The number of fused-ring (bicyclic) bond motifs is 1. The number of rotatable bonds is 3. The predicted molar refractivity (Wildman–Crippen MR) is 94.3 cm³/mol. The number of carbonyl (C=O) groups excluding carboxylic acids is 1. The zero-order chi connectivity index (χ0) is 17.4. The Morgan fingerprint density at radius 2 is 2.04 bits per heavy atom. The smallest absolute Gasteiger partial charge is 0.242 e. The lowest BCUT2D eigenvalue weighted by Gasteiger charge is -2.36. The van der Waals surface area contributed by atoms with Crippen molar-refractivity contribution >= 4 is 28.2 Å². The van der Waals surface area contributed by atoms with Crippen LogP contribution in [0.2, 0.25) is 0 Å². The van der Waals surface area contributed by atoms with Gasteiger partial charge in [-0.3, -0.25) is 4.79 Å². The minimum absolute atomic E-state index is 0. The van der Waals surface area contributed by atoms with Gasteiger partial charge in [0.05, 0.1) is 12.6 Å². The number of benzene rings is 1. The van der Waals surface area contributed by atoms with Crippen LogP contribution in [0.15, 0.2) is 18.2 Å². The number of piperidine rings is 1. The Morgan fingerprint density at radius 3 is 2.68 bits per heavy atom. The molecule has 1 saturated heterocycles. The third-order valence-corrected chi connectivity index (χ3v) is 6.86. The van der Waals surface area contributed by atoms with Crippen LogP contribution in [0, 0.1) is 5.82 Å². The van der Waals surface area contributed by atoms with Crippen LogP contribution in [0.3, 0.4) is 0 Å². The highest BCUT2D eigenvalue weighted by Gasteiger charge is 2.49. The van der Waals surface area contributed by atoms with Gasteiger partial charge in [-0.2, -0.15) is 0 Å². The minimum Gasteiger partial charge on any atom is -0.493 e. The lowest BCUT2D eigenvalue weighted by atomic mass is 9.93. The molecule has 1 aromatic carbocycles. The van der Waals surface area contributed by atoms with Gasteiger partial charge in [-0.1, -0.05) is 0 Å². The summed E-state index contributed by atoms with van der Waals surface area (Å²) in [7, 11) is -3.58. The van der Waals surface area contributed by atoms with E-state index in [0.29, 0.717) is 37.4 Å². The van der Waals surface area contributed by atoms with Crippen LogP contribution in [0.5, 0.6) is 5.75 Å². The minimum atomic E-state index is -3.58. The standard InChI is InChI=1S/C16H21FN2O4S.ClH/c1-24(21,22)16(5-7-18-8-6-16)15(20)19-13-4-9-23-14-3-2-11(17)10-12(13)14;/h2-3,10,13,18H,4-9H2,1H3,(H,19,20);1H. The second kappa shape index (κ2) is 7.47. The lowest BCUT2D eigenvalue weighted by molar-refractivity contribution is -0.125. The molecule has 0 spiro atoms. The molecule has 0 bridgehead atoms. The monoisotopic (exact) mass is 392 g/mol. The van der Waals surface area contributed by atoms with Gasteiger partial charge in [-0.15, -0.1) is 12.4 Å². The fourth-order valence-electron chi connectivity index (χ4n) is 3.40. The highest BCUT2D eigenvalue weighted by molar-refractivity contribution is 7.92. The molecule has 25 heavy (non-hydrogen) atoms. The maximum absolute atomic E-state index is 13.6. The number of sulfone groups is 1. The van der Waals surface area contributed by atoms with Gasteiger partial charge in [-0.05, 0) is 44.1 Å². The normalized spacial score (nSPS) is 22.1. The van der Waals surface area contributed by atoms with Crippen molar-refractivity contribution in [3.8, 4) is 5.75 Å². The zero-order valence-corrected chi connectivity index (χ0v) is 15.5. The van der Waals surface area contributed by atoms with Crippen molar-refractivity contribution in [3.63, 3.8) is 0 Å². The summed E-state index contributed by atoms with van der Waals surface area (Å²) in [5.41, 5.74) is 0.548. The van der Waals surface area contributed by atoms with Gasteiger partial charge < -0.3 is 15.4 Å². The zero-order valence-electron chi connectivity index (χ0n) is 13.9. The van der Waals surface area contributed by atoms with Crippen LogP contribution < -0.4 is 15.4 Å². The van der Waals surface area contributed by atoms with Crippen molar-refractivity contribution in [2.45, 2.75) is 30.1 Å². The van der Waals surface area contributed by atoms with Crippen LogP contribution in [0.4, 0.5) is 4.39 Å². The first kappa shape index (κ1) is 19.9. The van der Waals surface area contributed by atoms with E-state index >= 15 is 0 Å². The van der Waals surface area contributed by atoms with Gasteiger partial charge in [0, 0.05) is 18.2 Å². The Bertz CT molecular complexity index is 751. The number of hydrogen-bond acceptors (Lipinski definition) is 5. The predicted octanol–water partition coefficient (Wildman–Crippen LogP) is 1.35. The largest absolute Gasteiger partial charge is 0.493 e. The molecule has 1 unspecified atom stereocenters. The molecule has 1 aromatic rings. The summed E-state index contributed by atoms with van der Waals surface area (Å²) in [5, 5.41) is 5.91. The Balaban J connectivity index is 0.00000225. The molecule has 0 aliphatic carbocycles. The van der Waals surface area contributed by atoms with E-state index in [9.17, 15) is 17.6 Å². The maximum atomic E-state index is 13.6. The molecule has 3 rings (SSSR count). The van der Waals surface area contributed by atoms with Gasteiger partial charge in [0.2, 0.25) is 5.91 Å². The number of amides is 1. The van der Waals surface area contributed by atoms with E-state index in [0.717, 1.165) is 6.26 Å². The second-order valence-corrected chi connectivity index (χ2v) is 8.69. The number of nitrogens with one attached hydrogen (secondary N) is 2. The summed E-state index contributed by atoms with van der Waals surface area (Å²) in [6, 6.07) is 3.70. The SMILES string of the molecule is CS(=O)(=O)C1(C(=O)NC2CCOc3ccc(F)cc32)CCNCC1.Cl. The molecule has 0 aromatic heterocycles. The van der Waals surface area contributed by atoms with E-state index in [2.05, 4.69) is 10.6 Å². The van der Waals surface area contributed by atoms with Crippen LogP contribution in [-0.2, 0) is 14.6 Å². The fourth-order valence-corrected chi connectivity index (χ4v) is 4.74. The van der Waals surface area contributed by atoms with E-state index in [1.54, 1.807) is 0 Å². The Kier molecular flexibility index (Phi) is 5.96. The van der Waals surface area contributed by atoms with Gasteiger partial charge in [0.1, 0.15) is 11.6 Å². The molecule has 0 radical (unpaired) electrons. The van der Waals surface area contributed by atoms with Crippen molar-refractivity contribution < 1.29 is 22.3 Å². The summed E-state index contributed by atoms with van der Waals surface area (Å²) in [4.78, 5) is 12.9. The molecule has 6 nitrogen and oxygen atoms in total. The van der Waals surface area contributed by atoms with Crippen molar-refractivity contribution in [2.24, 2.45) is 0 Å². The van der Waals surface area contributed by atoms with Gasteiger partial charge in [-0.25, -0.2) is 12.8 Å². The van der Waals surface area contributed by atoms with E-state index in [4.69, 9.17) is 4.74 Å². The van der Waals surface area contributed by atoms with Crippen molar-refractivity contribution in [1.82, 2.24) is 10.6 Å². The Hall–Kier alpha value is -1.38. The molecule has 0 saturated carbocycles. The second-order valence-electron chi connectivity index (χ2n) is 6.36. The van der Waals surface area contributed by atoms with Gasteiger partial charge in [0.15, 0.2) is 14.6 Å². The van der Waals surface area contributed by atoms with E-state index in [1.807, 2.05) is 0 Å². The van der Waals surface area contributed by atoms with Crippen LogP contribution in [-0.4, -0.2) is 45.0 Å². The summed E-state index contributed by atoms with van der Waals surface area (Å²) in [6.45, 7) is 1.33. The first-order valence-electron chi connectivity index (χ1n) is 7.97. The first-order valence-corrected chi connectivity index (χ1v) is 9.86. The van der Waals surface area contributed by atoms with Crippen molar-refractivity contribution in [3.05, 3.63) is 29.6 Å². The number of ether oxygens (including phenoxy) is 1. The van der Waals surface area contributed by atoms with Crippen LogP contribution in [0.1, 0.15) is 30.9 Å². The van der Waals surface area contributed by atoms with E-state index in [1.165, 1.54) is 18.2 Å². The van der Waals surface area contributed by atoms with Gasteiger partial charge in [0.25, 0.3) is 0 Å². The molecular formula is C16H22ClFN2O4S. The Morgan fingerprint density at radius 1 is 1.36 bits per heavy atom. The molecule has 2 aliphatic rings. The van der Waals surface area contributed by atoms with Crippen LogP contribution in [0.25, 0.3) is 0 Å². The topological polar surface area (TPSA) is 84.5 Å². The third kappa shape index (κ3) is 3.75. The van der Waals surface area contributed by atoms with Crippen molar-refractivity contribution in [2.75, 3.05) is 26.0 Å². The molecule has 2 N–H and O–H groups in total. The van der Waals surface area contributed by atoms with Gasteiger partial charge >= 0.3 is 0 Å². The molecule has 2 aliphatic heterocycles. The average Bonchev–Trinajstić information content (AvgIpc) is 2.55. The van der Waals surface area contributed by atoms with Crippen molar-refractivity contribution in [1.29, 1.82) is 0 Å². The lowest BCUT2D eigenvalue weighted by Crippen LogP contribution is -2.57. The molecule has 9 heteroatoms. The number of carbonyl (C=O) groups is 1. The number of hydrogen-bond donors (Lipinski definition) is 2. The summed E-state index contributed by atoms with van der Waals surface area (Å²) in [5.74, 6) is -0.404. The van der Waals surface area contributed by atoms with Crippen LogP contribution >= 0.6 is 12.4 Å². The van der Waals surface area contributed by atoms with E-state index < -0.39 is 32.4 Å². The fraction of sp³-hybridized carbons (Fsp3) is 0.562. The first-order chi connectivity index (χ1) is 11.3. The quantitative estimate of drug-likeness (QED) is 0.811. The Labute approximate surface area is 152 Å². The molecule has 1 atom stereocenters. The van der Waals surface area contributed by atoms with E-state index in [-0.39, 0.29) is 25.2 Å². The number of halogens is 2. The highest BCUT2D eigenvalue weighted by atomic mass is 35.5. The molecule has 1 fully saturated rings. The summed E-state index contributed by atoms with van der Waals surface area (Å²) in [6.07, 6.45) is 2.05. The highest BCUT2D eigenvalue weighted by Crippen LogP contribution is 2.34. The molecular weight excluding hydrogens is 371 g/mol. The average molecular weight is 393 g/mol. The molecule has 2 heterocycles. The molecule has 1 amide bonds. The summed E-state index contributed by atoms with van der Waals surface area (Å²) >= 11 is 0.